The van der Waals surface area contributed by atoms with Crippen LogP contribution in [0.5, 0.6) is 0 Å². The molecule has 5 heteroatoms. The standard InChI is InChI=1S/C22H19N3OS/c1-23-17-12-8-7-11-15(17)16-13-18-19(21(27-3)20(16)23)22(26)25(24(18)2)14-9-5-4-6-10-14/h4-13H,1-3H3. The number of para-hydroxylation sites is 2. The number of aryl methyl sites for hydroxylation is 2. The van der Waals surface area contributed by atoms with E-state index < -0.39 is 0 Å². The average Bonchev–Trinajstić information content (AvgIpc) is 3.13. The van der Waals surface area contributed by atoms with Gasteiger partial charge >= 0.3 is 0 Å². The highest BCUT2D eigenvalue weighted by Gasteiger charge is 2.21. The number of thioether (sulfide) groups is 1. The van der Waals surface area contributed by atoms with Gasteiger partial charge in [-0.05, 0) is 30.5 Å². The summed E-state index contributed by atoms with van der Waals surface area (Å²) in [6, 6.07) is 20.4. The van der Waals surface area contributed by atoms with Gasteiger partial charge in [0, 0.05) is 35.3 Å². The molecule has 5 aromatic rings. The summed E-state index contributed by atoms with van der Waals surface area (Å²) in [6.45, 7) is 0. The fourth-order valence-corrected chi connectivity index (χ4v) is 4.99. The van der Waals surface area contributed by atoms with Crippen LogP contribution in [0.25, 0.3) is 38.4 Å². The molecule has 0 unspecified atom stereocenters. The van der Waals surface area contributed by atoms with Crippen molar-refractivity contribution in [3.05, 3.63) is 71.0 Å². The van der Waals surface area contributed by atoms with Crippen molar-refractivity contribution in [2.75, 3.05) is 6.26 Å². The Balaban J connectivity index is 2.03. The highest BCUT2D eigenvalue weighted by atomic mass is 32.2. The molecule has 2 aromatic heterocycles. The first-order chi connectivity index (χ1) is 13.1. The van der Waals surface area contributed by atoms with E-state index >= 15 is 0 Å². The summed E-state index contributed by atoms with van der Waals surface area (Å²) in [4.78, 5) is 14.5. The number of fused-ring (bicyclic) bond motifs is 4. The lowest BCUT2D eigenvalue weighted by molar-refractivity contribution is 0.666. The number of hydrogen-bond acceptors (Lipinski definition) is 2. The Labute approximate surface area is 160 Å². The van der Waals surface area contributed by atoms with Crippen molar-refractivity contribution in [3.63, 3.8) is 0 Å². The summed E-state index contributed by atoms with van der Waals surface area (Å²) in [5.41, 5.74) is 4.16. The van der Waals surface area contributed by atoms with Gasteiger partial charge in [0.2, 0.25) is 0 Å². The van der Waals surface area contributed by atoms with Crippen LogP contribution in [0.4, 0.5) is 0 Å². The van der Waals surface area contributed by atoms with Gasteiger partial charge in [0.1, 0.15) is 0 Å². The van der Waals surface area contributed by atoms with Crippen LogP contribution in [0, 0.1) is 0 Å². The highest BCUT2D eigenvalue weighted by molar-refractivity contribution is 7.99. The van der Waals surface area contributed by atoms with Crippen molar-refractivity contribution in [2.45, 2.75) is 4.90 Å². The molecule has 0 fully saturated rings. The molecule has 0 aliphatic heterocycles. The fraction of sp³-hybridized carbons (Fsp3) is 0.136. The van der Waals surface area contributed by atoms with Crippen LogP contribution < -0.4 is 5.56 Å². The van der Waals surface area contributed by atoms with E-state index in [0.29, 0.717) is 0 Å². The zero-order chi connectivity index (χ0) is 18.7. The minimum Gasteiger partial charge on any atom is -0.343 e. The first kappa shape index (κ1) is 16.3. The Bertz CT molecular complexity index is 1390. The molecule has 134 valence electrons. The minimum absolute atomic E-state index is 0.0233. The van der Waals surface area contributed by atoms with Gasteiger partial charge < -0.3 is 4.57 Å². The van der Waals surface area contributed by atoms with Crippen molar-refractivity contribution in [1.29, 1.82) is 0 Å². The van der Waals surface area contributed by atoms with Gasteiger partial charge in [-0.2, -0.15) is 0 Å². The van der Waals surface area contributed by atoms with Crippen molar-refractivity contribution in [1.82, 2.24) is 13.9 Å². The Morgan fingerprint density at radius 3 is 2.30 bits per heavy atom. The molecular formula is C22H19N3OS. The van der Waals surface area contributed by atoms with E-state index in [1.54, 1.807) is 16.4 Å². The van der Waals surface area contributed by atoms with Gasteiger partial charge in [0.15, 0.2) is 0 Å². The second kappa shape index (κ2) is 5.79. The molecule has 0 saturated heterocycles. The summed E-state index contributed by atoms with van der Waals surface area (Å²) in [6.07, 6.45) is 2.05. The molecule has 27 heavy (non-hydrogen) atoms. The maximum Gasteiger partial charge on any atom is 0.280 e. The van der Waals surface area contributed by atoms with Crippen LogP contribution in [0.15, 0.2) is 70.4 Å². The van der Waals surface area contributed by atoms with Gasteiger partial charge in [-0.15, -0.1) is 11.8 Å². The molecule has 0 N–H and O–H groups in total. The molecular weight excluding hydrogens is 354 g/mol. The quantitative estimate of drug-likeness (QED) is 0.420. The summed E-state index contributed by atoms with van der Waals surface area (Å²) in [5.74, 6) is 0. The Morgan fingerprint density at radius 2 is 1.56 bits per heavy atom. The van der Waals surface area contributed by atoms with Crippen molar-refractivity contribution in [2.24, 2.45) is 14.1 Å². The third-order valence-electron chi connectivity index (χ3n) is 5.39. The summed E-state index contributed by atoms with van der Waals surface area (Å²) in [5, 5.41) is 3.19. The molecule has 0 saturated carbocycles. The summed E-state index contributed by atoms with van der Waals surface area (Å²) >= 11 is 1.64. The molecule has 0 amide bonds. The Kier molecular flexibility index (Phi) is 3.49. The third kappa shape index (κ3) is 2.09. The fourth-order valence-electron chi connectivity index (χ4n) is 4.16. The topological polar surface area (TPSA) is 31.9 Å². The second-order valence-electron chi connectivity index (χ2n) is 6.75. The normalized spacial score (nSPS) is 11.8. The average molecular weight is 373 g/mol. The molecule has 0 spiro atoms. The van der Waals surface area contributed by atoms with E-state index in [4.69, 9.17) is 0 Å². The molecule has 2 heterocycles. The maximum absolute atomic E-state index is 13.4. The largest absolute Gasteiger partial charge is 0.343 e. The first-order valence-corrected chi connectivity index (χ1v) is 10.1. The highest BCUT2D eigenvalue weighted by Crippen LogP contribution is 2.38. The SMILES string of the molecule is CSc1c2c(=O)n(-c3ccccc3)n(C)c2cc2c3ccccc3n(C)c12. The Morgan fingerprint density at radius 1 is 0.852 bits per heavy atom. The van der Waals surface area contributed by atoms with Crippen LogP contribution in [0.1, 0.15) is 0 Å². The number of aromatic nitrogens is 3. The van der Waals surface area contributed by atoms with Crippen LogP contribution in [0.3, 0.4) is 0 Å². The summed E-state index contributed by atoms with van der Waals surface area (Å²) < 4.78 is 5.93. The molecule has 3 aromatic carbocycles. The third-order valence-corrected chi connectivity index (χ3v) is 6.19. The zero-order valence-electron chi connectivity index (χ0n) is 15.4. The molecule has 0 bridgehead atoms. The maximum atomic E-state index is 13.4. The van der Waals surface area contributed by atoms with E-state index in [0.717, 1.165) is 27.0 Å². The smallest absolute Gasteiger partial charge is 0.280 e. The predicted molar refractivity (Wildman–Crippen MR) is 114 cm³/mol. The van der Waals surface area contributed by atoms with E-state index in [1.165, 1.54) is 16.3 Å². The van der Waals surface area contributed by atoms with E-state index in [9.17, 15) is 4.79 Å². The van der Waals surface area contributed by atoms with Crippen molar-refractivity contribution >= 4 is 44.5 Å². The number of nitrogens with zero attached hydrogens (tertiary/aromatic N) is 3. The minimum atomic E-state index is 0.0233. The lowest BCUT2D eigenvalue weighted by atomic mass is 10.1. The van der Waals surface area contributed by atoms with Crippen molar-refractivity contribution < 1.29 is 0 Å². The second-order valence-corrected chi connectivity index (χ2v) is 7.57. The zero-order valence-corrected chi connectivity index (χ0v) is 16.2. The molecule has 0 radical (unpaired) electrons. The lowest BCUT2D eigenvalue weighted by Crippen LogP contribution is -2.19. The van der Waals surface area contributed by atoms with Gasteiger partial charge in [0.25, 0.3) is 5.56 Å². The Hall–Kier alpha value is -2.92. The van der Waals surface area contributed by atoms with Gasteiger partial charge in [-0.1, -0.05) is 36.4 Å². The molecule has 5 rings (SSSR count). The molecule has 0 aliphatic carbocycles. The van der Waals surface area contributed by atoms with E-state index in [2.05, 4.69) is 41.9 Å². The van der Waals surface area contributed by atoms with Gasteiger partial charge in [0.05, 0.1) is 22.1 Å². The van der Waals surface area contributed by atoms with Crippen LogP contribution in [-0.4, -0.2) is 20.2 Å². The lowest BCUT2D eigenvalue weighted by Gasteiger charge is -2.07. The number of benzene rings is 3. The van der Waals surface area contributed by atoms with E-state index in [-0.39, 0.29) is 5.56 Å². The monoisotopic (exact) mass is 373 g/mol. The predicted octanol–water partition coefficient (Wildman–Crippen LogP) is 4.70. The molecule has 4 nitrogen and oxygen atoms in total. The van der Waals surface area contributed by atoms with Crippen LogP contribution >= 0.6 is 11.8 Å². The number of rotatable bonds is 2. The summed E-state index contributed by atoms with van der Waals surface area (Å²) in [7, 11) is 4.03. The first-order valence-electron chi connectivity index (χ1n) is 8.84. The number of hydrogen-bond donors (Lipinski definition) is 0. The van der Waals surface area contributed by atoms with Crippen LogP contribution in [-0.2, 0) is 14.1 Å². The van der Waals surface area contributed by atoms with Crippen LogP contribution in [0.2, 0.25) is 0 Å². The van der Waals surface area contributed by atoms with Gasteiger partial charge in [-0.25, -0.2) is 4.68 Å². The van der Waals surface area contributed by atoms with Gasteiger partial charge in [-0.3, -0.25) is 9.48 Å². The molecule has 0 aliphatic rings. The molecule has 0 atom stereocenters. The van der Waals surface area contributed by atoms with Crippen molar-refractivity contribution in [3.8, 4) is 5.69 Å². The van der Waals surface area contributed by atoms with E-state index in [1.807, 2.05) is 48.3 Å².